The zero-order chi connectivity index (χ0) is 27.9. The molecule has 0 unspecified atom stereocenters. The van der Waals surface area contributed by atoms with Gasteiger partial charge in [0, 0.05) is 45.2 Å². The molecule has 2 aromatic heterocycles. The second-order valence-electron chi connectivity index (χ2n) is 8.95. The molecule has 0 aliphatic heterocycles. The second kappa shape index (κ2) is 10.2. The lowest BCUT2D eigenvalue weighted by Crippen LogP contribution is -2.33. The topological polar surface area (TPSA) is 98.1 Å². The van der Waals surface area contributed by atoms with E-state index in [2.05, 4.69) is 4.98 Å². The number of hydrogen-bond donors (Lipinski definition) is 1. The molecular formula is C28H20ClF2N3O4S. The lowest BCUT2D eigenvalue weighted by molar-refractivity contribution is -0.113. The maximum Gasteiger partial charge on any atom is 0.282 e. The van der Waals surface area contributed by atoms with E-state index in [0.717, 1.165) is 18.2 Å². The van der Waals surface area contributed by atoms with Crippen molar-refractivity contribution in [1.82, 2.24) is 14.3 Å². The van der Waals surface area contributed by atoms with Gasteiger partial charge in [-0.2, -0.15) is 8.42 Å². The van der Waals surface area contributed by atoms with Crippen LogP contribution in [0.3, 0.4) is 0 Å². The number of aromatic nitrogens is 2. The fourth-order valence-corrected chi connectivity index (χ4v) is 5.49. The van der Waals surface area contributed by atoms with Crippen molar-refractivity contribution < 1.29 is 26.8 Å². The van der Waals surface area contributed by atoms with Gasteiger partial charge in [-0.25, -0.2) is 18.5 Å². The molecule has 1 aliphatic carbocycles. The van der Waals surface area contributed by atoms with Crippen molar-refractivity contribution in [2.24, 2.45) is 0 Å². The summed E-state index contributed by atoms with van der Waals surface area (Å²) in [6.45, 7) is 1.39. The maximum absolute atomic E-state index is 14.7. The van der Waals surface area contributed by atoms with Crippen LogP contribution in [0.4, 0.5) is 8.78 Å². The number of benzene rings is 2. The summed E-state index contributed by atoms with van der Waals surface area (Å²) in [5, 5.41) is 0.270. The number of pyridine rings is 1. The number of allylic oxidation sites excluding steroid dienone is 4. The van der Waals surface area contributed by atoms with Crippen LogP contribution in [-0.4, -0.2) is 29.7 Å². The Morgan fingerprint density at radius 3 is 2.64 bits per heavy atom. The number of aryl methyl sites for hydroxylation is 1. The molecule has 198 valence electrons. The quantitative estimate of drug-likeness (QED) is 0.338. The van der Waals surface area contributed by atoms with E-state index in [-0.39, 0.29) is 46.2 Å². The minimum Gasteiger partial charge on any atom is -0.331 e. The van der Waals surface area contributed by atoms with Gasteiger partial charge in [0.25, 0.3) is 15.9 Å². The van der Waals surface area contributed by atoms with Gasteiger partial charge in [-0.05, 0) is 55.0 Å². The number of carbonyl (C=O) groups is 2. The van der Waals surface area contributed by atoms with Crippen molar-refractivity contribution >= 4 is 49.8 Å². The summed E-state index contributed by atoms with van der Waals surface area (Å²) in [6, 6.07) is 10.3. The molecule has 1 amide bonds. The third kappa shape index (κ3) is 5.13. The standard InChI is InChI=1S/C28H20ClF2N3O4S/c1-16-6-11-25(32-14-16)39(37,38)33-28(36)27-26(20-4-2-3-5-24(20)35)21-13-18(29)7-10-23(21)34(27)15-17-12-19(30)8-9-22(17)31/h2-4,6-14H,5,15H2,1H3,(H,33,36). The lowest BCUT2D eigenvalue weighted by atomic mass is 9.93. The first kappa shape index (κ1) is 26.5. The molecule has 0 saturated heterocycles. The minimum absolute atomic E-state index is 0.0598. The number of carbonyl (C=O) groups excluding carboxylic acids is 2. The van der Waals surface area contributed by atoms with E-state index in [9.17, 15) is 26.8 Å². The molecule has 0 bridgehead atoms. The van der Waals surface area contributed by atoms with E-state index in [4.69, 9.17) is 11.6 Å². The lowest BCUT2D eigenvalue weighted by Gasteiger charge is -2.15. The molecule has 2 aromatic carbocycles. The van der Waals surface area contributed by atoms with Crippen LogP contribution in [0.2, 0.25) is 5.02 Å². The molecular weight excluding hydrogens is 548 g/mol. The summed E-state index contributed by atoms with van der Waals surface area (Å²) in [4.78, 5) is 30.7. The molecule has 5 rings (SSSR count). The van der Waals surface area contributed by atoms with E-state index in [1.54, 1.807) is 25.1 Å². The molecule has 1 N–H and O–H groups in total. The molecule has 0 fully saturated rings. The number of hydrogen-bond acceptors (Lipinski definition) is 5. The third-order valence-electron chi connectivity index (χ3n) is 6.24. The molecule has 4 aromatic rings. The van der Waals surface area contributed by atoms with Crippen molar-refractivity contribution in [2.75, 3.05) is 0 Å². The first-order chi connectivity index (χ1) is 18.5. The Kier molecular flexibility index (Phi) is 6.92. The van der Waals surface area contributed by atoms with Crippen molar-refractivity contribution in [1.29, 1.82) is 0 Å². The summed E-state index contributed by atoms with van der Waals surface area (Å²) in [7, 11) is -4.44. The number of sulfonamides is 1. The van der Waals surface area contributed by atoms with E-state index < -0.39 is 27.6 Å². The van der Waals surface area contributed by atoms with Crippen LogP contribution in [0.1, 0.15) is 33.6 Å². The van der Waals surface area contributed by atoms with Crippen molar-refractivity contribution in [2.45, 2.75) is 24.9 Å². The van der Waals surface area contributed by atoms with Gasteiger partial charge in [0.15, 0.2) is 10.8 Å². The first-order valence-corrected chi connectivity index (χ1v) is 13.6. The third-order valence-corrected chi connectivity index (χ3v) is 7.72. The van der Waals surface area contributed by atoms with E-state index in [1.165, 1.54) is 41.1 Å². The zero-order valence-corrected chi connectivity index (χ0v) is 22.0. The summed E-state index contributed by atoms with van der Waals surface area (Å²) in [5.74, 6) is -2.82. The SMILES string of the molecule is Cc1ccc(S(=O)(=O)NC(=O)c2c(C3=CC=CCC3=O)c3cc(Cl)ccc3n2Cc2cc(F)ccc2F)nc1. The van der Waals surface area contributed by atoms with Crippen molar-refractivity contribution in [3.8, 4) is 0 Å². The van der Waals surface area contributed by atoms with Gasteiger partial charge in [0.05, 0.1) is 6.54 Å². The molecule has 11 heteroatoms. The van der Waals surface area contributed by atoms with E-state index in [0.29, 0.717) is 21.5 Å². The Hall–Kier alpha value is -4.15. The Bertz CT molecular complexity index is 1830. The number of nitrogens with zero attached hydrogens (tertiary/aromatic N) is 2. The molecule has 0 spiro atoms. The summed E-state index contributed by atoms with van der Waals surface area (Å²) >= 11 is 6.27. The van der Waals surface area contributed by atoms with E-state index in [1.807, 2.05) is 4.72 Å². The van der Waals surface area contributed by atoms with Crippen LogP contribution in [0.5, 0.6) is 0 Å². The van der Waals surface area contributed by atoms with Crippen LogP contribution in [0, 0.1) is 18.6 Å². The van der Waals surface area contributed by atoms with Gasteiger partial charge in [-0.1, -0.05) is 35.9 Å². The zero-order valence-electron chi connectivity index (χ0n) is 20.4. The Morgan fingerprint density at radius 1 is 1.13 bits per heavy atom. The number of ketones is 1. The molecule has 0 atom stereocenters. The predicted octanol–water partition coefficient (Wildman–Crippen LogP) is 5.36. The van der Waals surface area contributed by atoms with Crippen LogP contribution in [0.25, 0.3) is 16.5 Å². The first-order valence-electron chi connectivity index (χ1n) is 11.7. The second-order valence-corrected chi connectivity index (χ2v) is 11.0. The Balaban J connectivity index is 1.76. The van der Waals surface area contributed by atoms with Crippen molar-refractivity contribution in [3.05, 3.63) is 112 Å². The van der Waals surface area contributed by atoms with E-state index >= 15 is 0 Å². The van der Waals surface area contributed by atoms with Gasteiger partial charge in [0.2, 0.25) is 0 Å². The van der Waals surface area contributed by atoms with Crippen LogP contribution in [-0.2, 0) is 21.4 Å². The molecule has 0 saturated carbocycles. The summed E-state index contributed by atoms with van der Waals surface area (Å²) in [5.41, 5.74) is 1.03. The molecule has 39 heavy (non-hydrogen) atoms. The Labute approximate surface area is 227 Å². The van der Waals surface area contributed by atoms with Crippen molar-refractivity contribution in [3.63, 3.8) is 0 Å². The fourth-order valence-electron chi connectivity index (χ4n) is 4.44. The average Bonchev–Trinajstić information content (AvgIpc) is 3.19. The highest BCUT2D eigenvalue weighted by molar-refractivity contribution is 7.90. The molecule has 0 radical (unpaired) electrons. The smallest absolute Gasteiger partial charge is 0.282 e. The monoisotopic (exact) mass is 567 g/mol. The number of Topliss-reactive ketones (excluding diaryl/α,β-unsaturated/α-hetero) is 1. The largest absolute Gasteiger partial charge is 0.331 e. The Morgan fingerprint density at radius 2 is 1.92 bits per heavy atom. The van der Waals surface area contributed by atoms with Crippen LogP contribution >= 0.6 is 11.6 Å². The maximum atomic E-state index is 14.7. The highest BCUT2D eigenvalue weighted by atomic mass is 35.5. The molecule has 7 nitrogen and oxygen atoms in total. The van der Waals surface area contributed by atoms with Crippen LogP contribution in [0.15, 0.2) is 78.0 Å². The van der Waals surface area contributed by atoms with Gasteiger partial charge < -0.3 is 4.57 Å². The highest BCUT2D eigenvalue weighted by Crippen LogP contribution is 2.36. The average molecular weight is 568 g/mol. The van der Waals surface area contributed by atoms with Gasteiger partial charge in [-0.3, -0.25) is 9.59 Å². The van der Waals surface area contributed by atoms with Crippen LogP contribution < -0.4 is 4.72 Å². The predicted molar refractivity (Wildman–Crippen MR) is 143 cm³/mol. The number of halogens is 3. The number of rotatable bonds is 6. The van der Waals surface area contributed by atoms with Gasteiger partial charge in [0.1, 0.15) is 17.3 Å². The highest BCUT2D eigenvalue weighted by Gasteiger charge is 2.31. The van der Waals surface area contributed by atoms with Gasteiger partial charge in [-0.15, -0.1) is 0 Å². The molecule has 1 aliphatic rings. The summed E-state index contributed by atoms with van der Waals surface area (Å²) in [6.07, 6.45) is 6.21. The fraction of sp³-hybridized carbons (Fsp3) is 0.107. The number of fused-ring (bicyclic) bond motifs is 1. The normalized spacial score (nSPS) is 13.5. The molecule has 2 heterocycles. The minimum atomic E-state index is -4.44. The number of nitrogens with one attached hydrogen (secondary N) is 1. The van der Waals surface area contributed by atoms with Gasteiger partial charge >= 0.3 is 0 Å². The summed E-state index contributed by atoms with van der Waals surface area (Å²) < 4.78 is 58.3. The number of amides is 1.